The molecule has 16 heavy (non-hydrogen) atoms. The highest BCUT2D eigenvalue weighted by Gasteiger charge is 2.20. The Morgan fingerprint density at radius 2 is 2.38 bits per heavy atom. The number of rotatable bonds is 2. The van der Waals surface area contributed by atoms with Gasteiger partial charge in [0.1, 0.15) is 5.82 Å². The van der Waals surface area contributed by atoms with Gasteiger partial charge in [-0.3, -0.25) is 4.79 Å². The molecule has 1 unspecified atom stereocenters. The molecule has 0 N–H and O–H groups in total. The van der Waals surface area contributed by atoms with Gasteiger partial charge in [-0.15, -0.1) is 0 Å². The van der Waals surface area contributed by atoms with E-state index in [9.17, 15) is 9.18 Å². The number of ether oxygens (including phenoxy) is 1. The number of anilines is 1. The van der Waals surface area contributed by atoms with Crippen molar-refractivity contribution in [3.05, 3.63) is 29.6 Å². The quantitative estimate of drug-likeness (QED) is 0.717. The highest BCUT2D eigenvalue weighted by molar-refractivity contribution is 5.85. The Morgan fingerprint density at radius 1 is 1.56 bits per heavy atom. The maximum atomic E-state index is 13.4. The molecule has 1 saturated heterocycles. The first kappa shape index (κ1) is 11.1. The second kappa shape index (κ2) is 4.61. The number of hydrogen-bond donors (Lipinski definition) is 0. The topological polar surface area (TPSA) is 29.5 Å². The zero-order valence-corrected chi connectivity index (χ0v) is 9.15. The van der Waals surface area contributed by atoms with Gasteiger partial charge in [0.2, 0.25) is 0 Å². The van der Waals surface area contributed by atoms with Crippen molar-refractivity contribution in [3.63, 3.8) is 0 Å². The van der Waals surface area contributed by atoms with Crippen molar-refractivity contribution in [2.45, 2.75) is 13.0 Å². The lowest BCUT2D eigenvalue weighted by atomic mass is 10.1. The highest BCUT2D eigenvalue weighted by atomic mass is 19.1. The molecule has 3 nitrogen and oxygen atoms in total. The summed E-state index contributed by atoms with van der Waals surface area (Å²) in [6, 6.07) is 4.69. The number of aldehydes is 1. The van der Waals surface area contributed by atoms with E-state index in [-0.39, 0.29) is 11.7 Å². The SMILES string of the molecule is CC1CN(c2cccc(F)c2C=O)CCO1. The summed E-state index contributed by atoms with van der Waals surface area (Å²) in [5.74, 6) is -0.466. The minimum atomic E-state index is -0.466. The first-order valence-electron chi connectivity index (χ1n) is 5.32. The Kier molecular flexibility index (Phi) is 3.19. The van der Waals surface area contributed by atoms with Gasteiger partial charge in [0.25, 0.3) is 0 Å². The Balaban J connectivity index is 2.32. The van der Waals surface area contributed by atoms with E-state index in [4.69, 9.17) is 4.74 Å². The van der Waals surface area contributed by atoms with E-state index in [0.717, 1.165) is 0 Å². The number of carbonyl (C=O) groups excluding carboxylic acids is 1. The van der Waals surface area contributed by atoms with Gasteiger partial charge in [-0.1, -0.05) is 6.07 Å². The number of nitrogens with zero attached hydrogens (tertiary/aromatic N) is 1. The van der Waals surface area contributed by atoms with Crippen LogP contribution in [0.15, 0.2) is 18.2 Å². The molecule has 0 aromatic heterocycles. The van der Waals surface area contributed by atoms with Crippen LogP contribution >= 0.6 is 0 Å². The van der Waals surface area contributed by atoms with Gasteiger partial charge >= 0.3 is 0 Å². The van der Waals surface area contributed by atoms with Gasteiger partial charge < -0.3 is 9.64 Å². The lowest BCUT2D eigenvalue weighted by Crippen LogP contribution is -2.41. The first-order valence-corrected chi connectivity index (χ1v) is 5.32. The molecule has 1 aliphatic rings. The monoisotopic (exact) mass is 223 g/mol. The van der Waals surface area contributed by atoms with Crippen LogP contribution in [0.2, 0.25) is 0 Å². The molecule has 0 amide bonds. The molecular formula is C12H14FNO2. The number of benzene rings is 1. The predicted molar refractivity (Wildman–Crippen MR) is 59.4 cm³/mol. The largest absolute Gasteiger partial charge is 0.375 e. The third-order valence-corrected chi connectivity index (χ3v) is 2.73. The maximum Gasteiger partial charge on any atom is 0.155 e. The molecule has 1 aromatic rings. The Labute approximate surface area is 93.8 Å². The second-order valence-corrected chi connectivity index (χ2v) is 3.92. The molecule has 0 radical (unpaired) electrons. The summed E-state index contributed by atoms with van der Waals surface area (Å²) in [5, 5.41) is 0. The van der Waals surface area contributed by atoms with E-state index in [1.165, 1.54) is 6.07 Å². The van der Waals surface area contributed by atoms with Crippen molar-refractivity contribution in [3.8, 4) is 0 Å². The van der Waals surface area contributed by atoms with E-state index in [0.29, 0.717) is 31.7 Å². The second-order valence-electron chi connectivity index (χ2n) is 3.92. The minimum Gasteiger partial charge on any atom is -0.375 e. The molecule has 1 heterocycles. The summed E-state index contributed by atoms with van der Waals surface area (Å²) in [6.45, 7) is 3.95. The summed E-state index contributed by atoms with van der Waals surface area (Å²) >= 11 is 0. The van der Waals surface area contributed by atoms with Crippen molar-refractivity contribution in [1.82, 2.24) is 0 Å². The van der Waals surface area contributed by atoms with Crippen LogP contribution in [-0.2, 0) is 4.74 Å². The van der Waals surface area contributed by atoms with Gasteiger partial charge in [-0.2, -0.15) is 0 Å². The number of morpholine rings is 1. The zero-order valence-electron chi connectivity index (χ0n) is 9.15. The van der Waals surface area contributed by atoms with E-state index < -0.39 is 5.82 Å². The molecule has 0 saturated carbocycles. The van der Waals surface area contributed by atoms with Gasteiger partial charge in [0.05, 0.1) is 24.0 Å². The fourth-order valence-corrected chi connectivity index (χ4v) is 1.96. The van der Waals surface area contributed by atoms with Crippen LogP contribution in [-0.4, -0.2) is 32.1 Å². The van der Waals surface area contributed by atoms with E-state index in [1.54, 1.807) is 12.1 Å². The van der Waals surface area contributed by atoms with Crippen molar-refractivity contribution < 1.29 is 13.9 Å². The van der Waals surface area contributed by atoms with Crippen LogP contribution in [0.5, 0.6) is 0 Å². The molecular weight excluding hydrogens is 209 g/mol. The van der Waals surface area contributed by atoms with Crippen molar-refractivity contribution in [2.24, 2.45) is 0 Å². The van der Waals surface area contributed by atoms with Crippen LogP contribution in [0.25, 0.3) is 0 Å². The molecule has 1 aromatic carbocycles. The lowest BCUT2D eigenvalue weighted by Gasteiger charge is -2.33. The van der Waals surface area contributed by atoms with Crippen LogP contribution in [0, 0.1) is 5.82 Å². The zero-order chi connectivity index (χ0) is 11.5. The van der Waals surface area contributed by atoms with Crippen molar-refractivity contribution in [2.75, 3.05) is 24.6 Å². The van der Waals surface area contributed by atoms with Crippen molar-refractivity contribution >= 4 is 12.0 Å². The average molecular weight is 223 g/mol. The van der Waals surface area contributed by atoms with Crippen LogP contribution < -0.4 is 4.90 Å². The molecule has 1 aliphatic heterocycles. The highest BCUT2D eigenvalue weighted by Crippen LogP contribution is 2.23. The smallest absolute Gasteiger partial charge is 0.155 e. The van der Waals surface area contributed by atoms with Crippen molar-refractivity contribution in [1.29, 1.82) is 0 Å². The standard InChI is InChI=1S/C12H14FNO2/c1-9-7-14(5-6-16-9)12-4-2-3-11(13)10(12)8-15/h2-4,8-9H,5-7H2,1H3. The molecule has 0 spiro atoms. The number of hydrogen-bond acceptors (Lipinski definition) is 3. The third-order valence-electron chi connectivity index (χ3n) is 2.73. The Morgan fingerprint density at radius 3 is 3.06 bits per heavy atom. The van der Waals surface area contributed by atoms with Gasteiger partial charge in [0.15, 0.2) is 6.29 Å². The number of carbonyl (C=O) groups is 1. The lowest BCUT2D eigenvalue weighted by molar-refractivity contribution is 0.0531. The summed E-state index contributed by atoms with van der Waals surface area (Å²) in [6.07, 6.45) is 0.682. The van der Waals surface area contributed by atoms with E-state index in [1.807, 2.05) is 11.8 Å². The van der Waals surface area contributed by atoms with E-state index >= 15 is 0 Å². The molecule has 2 rings (SSSR count). The van der Waals surface area contributed by atoms with E-state index in [2.05, 4.69) is 0 Å². The molecule has 1 atom stereocenters. The molecule has 86 valence electrons. The van der Waals surface area contributed by atoms with Gasteiger partial charge in [-0.05, 0) is 19.1 Å². The Bertz CT molecular complexity index is 395. The minimum absolute atomic E-state index is 0.108. The average Bonchev–Trinajstić information content (AvgIpc) is 2.28. The van der Waals surface area contributed by atoms with Gasteiger partial charge in [0, 0.05) is 13.1 Å². The molecule has 1 fully saturated rings. The van der Waals surface area contributed by atoms with Crippen LogP contribution in [0.1, 0.15) is 17.3 Å². The van der Waals surface area contributed by atoms with Gasteiger partial charge in [-0.25, -0.2) is 4.39 Å². The molecule has 4 heteroatoms. The first-order chi connectivity index (χ1) is 7.72. The molecule has 0 aliphatic carbocycles. The van der Waals surface area contributed by atoms with Crippen LogP contribution in [0.3, 0.4) is 0 Å². The third kappa shape index (κ3) is 2.07. The summed E-state index contributed by atoms with van der Waals surface area (Å²) in [5.41, 5.74) is 0.793. The molecule has 0 bridgehead atoms. The number of halogens is 1. The summed E-state index contributed by atoms with van der Waals surface area (Å²) in [4.78, 5) is 12.9. The summed E-state index contributed by atoms with van der Waals surface area (Å²) < 4.78 is 18.8. The summed E-state index contributed by atoms with van der Waals surface area (Å²) in [7, 11) is 0. The van der Waals surface area contributed by atoms with Crippen LogP contribution in [0.4, 0.5) is 10.1 Å². The fraction of sp³-hybridized carbons (Fsp3) is 0.417. The fourth-order valence-electron chi connectivity index (χ4n) is 1.96. The Hall–Kier alpha value is -1.42. The normalized spacial score (nSPS) is 20.9. The predicted octanol–water partition coefficient (Wildman–Crippen LogP) is 1.86. The maximum absolute atomic E-state index is 13.4.